The molecule has 0 aliphatic heterocycles. The highest BCUT2D eigenvalue weighted by Crippen LogP contribution is 2.33. The Morgan fingerprint density at radius 1 is 1.35 bits per heavy atom. The fraction of sp³-hybridized carbons (Fsp3) is 0.400. The van der Waals surface area contributed by atoms with E-state index in [9.17, 15) is 13.2 Å². The van der Waals surface area contributed by atoms with E-state index < -0.39 is 21.2 Å². The number of benzene rings is 1. The van der Waals surface area contributed by atoms with Gasteiger partial charge in [0, 0.05) is 0 Å². The number of sulfonamides is 1. The van der Waals surface area contributed by atoms with Crippen molar-refractivity contribution in [1.29, 1.82) is 0 Å². The van der Waals surface area contributed by atoms with Crippen LogP contribution in [0.1, 0.15) is 26.2 Å². The highest BCUT2D eigenvalue weighted by Gasteiger charge is 2.35. The quantitative estimate of drug-likeness (QED) is 0.792. The van der Waals surface area contributed by atoms with Crippen molar-refractivity contribution >= 4 is 44.9 Å². The van der Waals surface area contributed by atoms with E-state index in [1.165, 1.54) is 12.1 Å². The summed E-state index contributed by atoms with van der Waals surface area (Å²) in [5.41, 5.74) is 0.276. The van der Waals surface area contributed by atoms with Crippen molar-refractivity contribution in [1.82, 2.24) is 0 Å². The summed E-state index contributed by atoms with van der Waals surface area (Å²) in [5.74, 6) is -0.604. The molecule has 1 atom stereocenters. The summed E-state index contributed by atoms with van der Waals surface area (Å²) in [4.78, 5) is 12.0. The van der Waals surface area contributed by atoms with Crippen LogP contribution < -0.4 is 4.72 Å². The predicted octanol–water partition coefficient (Wildman–Crippen LogP) is 3.78. The van der Waals surface area contributed by atoms with Crippen LogP contribution in [0.4, 0.5) is 5.69 Å². The average Bonchev–Trinajstić information content (AvgIpc) is 2.51. The molecule has 0 amide bonds. The number of rotatable bonds is 5. The summed E-state index contributed by atoms with van der Waals surface area (Å²) in [6.07, 6.45) is 3.28. The number of halogens is 2. The van der Waals surface area contributed by atoms with Crippen LogP contribution >= 0.6 is 23.2 Å². The first kappa shape index (κ1) is 18.1. The second-order valence-corrected chi connectivity index (χ2v) is 7.72. The summed E-state index contributed by atoms with van der Waals surface area (Å²) >= 11 is 12.0. The first-order valence-corrected chi connectivity index (χ1v) is 9.50. The maximum atomic E-state index is 12.7. The van der Waals surface area contributed by atoms with Crippen molar-refractivity contribution in [2.24, 2.45) is 0 Å². The molecule has 0 aromatic heterocycles. The average molecular weight is 378 g/mol. The van der Waals surface area contributed by atoms with Crippen molar-refractivity contribution in [3.63, 3.8) is 0 Å². The number of para-hydroxylation sites is 1. The molecule has 8 heteroatoms. The van der Waals surface area contributed by atoms with E-state index in [0.717, 1.165) is 0 Å². The van der Waals surface area contributed by atoms with Crippen molar-refractivity contribution in [3.8, 4) is 0 Å². The van der Waals surface area contributed by atoms with Gasteiger partial charge in [0.1, 0.15) is 5.25 Å². The topological polar surface area (TPSA) is 72.5 Å². The molecule has 1 aliphatic rings. The Bertz CT molecular complexity index is 711. The Hall–Kier alpha value is -1.24. The molecule has 0 saturated heterocycles. The smallest absolute Gasteiger partial charge is 0.335 e. The van der Waals surface area contributed by atoms with Gasteiger partial charge < -0.3 is 4.74 Å². The van der Waals surface area contributed by atoms with Crippen LogP contribution in [0, 0.1) is 0 Å². The number of ether oxygens (including phenoxy) is 1. The molecule has 0 heterocycles. The molecule has 0 spiro atoms. The Morgan fingerprint density at radius 2 is 2.00 bits per heavy atom. The standard InChI is InChI=1S/C15H17Cl2NO4S/c1-2-22-15(19)10-6-3-4-9-13(10)23(20,21)18-14-11(16)7-5-8-12(14)17/h5-8,13,18H,2-4,9H2,1H3. The van der Waals surface area contributed by atoms with Gasteiger partial charge in [-0.05, 0) is 38.3 Å². The van der Waals surface area contributed by atoms with E-state index in [4.69, 9.17) is 27.9 Å². The molecule has 1 aliphatic carbocycles. The van der Waals surface area contributed by atoms with Gasteiger partial charge in [0.25, 0.3) is 0 Å². The zero-order valence-electron chi connectivity index (χ0n) is 12.5. The second kappa shape index (κ2) is 7.55. The van der Waals surface area contributed by atoms with Gasteiger partial charge in [-0.1, -0.05) is 35.3 Å². The van der Waals surface area contributed by atoms with E-state index >= 15 is 0 Å². The summed E-state index contributed by atoms with van der Waals surface area (Å²) in [6, 6.07) is 4.69. The molecule has 0 bridgehead atoms. The molecule has 1 N–H and O–H groups in total. The van der Waals surface area contributed by atoms with E-state index in [1.54, 1.807) is 19.1 Å². The number of hydrogen-bond donors (Lipinski definition) is 1. The molecule has 2 rings (SSSR count). The van der Waals surface area contributed by atoms with Gasteiger partial charge in [0.05, 0.1) is 27.9 Å². The predicted molar refractivity (Wildman–Crippen MR) is 91.4 cm³/mol. The van der Waals surface area contributed by atoms with Gasteiger partial charge in [-0.2, -0.15) is 0 Å². The van der Waals surface area contributed by atoms with Crippen LogP contribution in [0.5, 0.6) is 0 Å². The first-order chi connectivity index (χ1) is 10.9. The van der Waals surface area contributed by atoms with Gasteiger partial charge >= 0.3 is 5.97 Å². The number of esters is 1. The van der Waals surface area contributed by atoms with Gasteiger partial charge in [0.15, 0.2) is 0 Å². The third kappa shape index (κ3) is 4.19. The Morgan fingerprint density at radius 3 is 2.61 bits per heavy atom. The summed E-state index contributed by atoms with van der Waals surface area (Å²) in [6.45, 7) is 1.86. The van der Waals surface area contributed by atoms with Crippen molar-refractivity contribution in [2.45, 2.75) is 31.4 Å². The number of nitrogens with one attached hydrogen (secondary N) is 1. The van der Waals surface area contributed by atoms with Crippen LogP contribution in [0.25, 0.3) is 0 Å². The zero-order valence-corrected chi connectivity index (χ0v) is 14.8. The lowest BCUT2D eigenvalue weighted by molar-refractivity contribution is -0.138. The molecular weight excluding hydrogens is 361 g/mol. The summed E-state index contributed by atoms with van der Waals surface area (Å²) in [5, 5.41) is -0.597. The van der Waals surface area contributed by atoms with Gasteiger partial charge in [-0.3, -0.25) is 4.72 Å². The lowest BCUT2D eigenvalue weighted by atomic mass is 9.99. The molecule has 126 valence electrons. The lowest BCUT2D eigenvalue weighted by Crippen LogP contribution is -2.34. The molecule has 0 radical (unpaired) electrons. The lowest BCUT2D eigenvalue weighted by Gasteiger charge is -2.24. The molecule has 0 fully saturated rings. The Labute approximate surface area is 145 Å². The largest absolute Gasteiger partial charge is 0.463 e. The van der Waals surface area contributed by atoms with E-state index in [2.05, 4.69) is 4.72 Å². The minimum Gasteiger partial charge on any atom is -0.463 e. The highest BCUT2D eigenvalue weighted by atomic mass is 35.5. The minimum absolute atomic E-state index is 0.115. The van der Waals surface area contributed by atoms with Crippen molar-refractivity contribution in [3.05, 3.63) is 39.9 Å². The van der Waals surface area contributed by atoms with E-state index in [1.807, 2.05) is 0 Å². The molecule has 1 aromatic rings. The number of anilines is 1. The normalized spacial score (nSPS) is 18.2. The van der Waals surface area contributed by atoms with E-state index in [-0.39, 0.29) is 27.9 Å². The maximum Gasteiger partial charge on any atom is 0.335 e. The third-order valence-electron chi connectivity index (χ3n) is 3.47. The van der Waals surface area contributed by atoms with Crippen molar-refractivity contribution < 1.29 is 17.9 Å². The van der Waals surface area contributed by atoms with Crippen LogP contribution in [-0.4, -0.2) is 26.2 Å². The number of allylic oxidation sites excluding steroid dienone is 1. The third-order valence-corrected chi connectivity index (χ3v) is 5.83. The summed E-state index contributed by atoms with van der Waals surface area (Å²) < 4.78 is 32.8. The Kier molecular flexibility index (Phi) is 5.95. The second-order valence-electron chi connectivity index (χ2n) is 5.04. The zero-order chi connectivity index (χ0) is 17.0. The molecule has 23 heavy (non-hydrogen) atoms. The molecule has 0 saturated carbocycles. The number of carbonyl (C=O) groups excluding carboxylic acids is 1. The first-order valence-electron chi connectivity index (χ1n) is 7.19. The van der Waals surface area contributed by atoms with Gasteiger partial charge in [0.2, 0.25) is 10.0 Å². The Balaban J connectivity index is 2.32. The number of hydrogen-bond acceptors (Lipinski definition) is 4. The molecule has 1 unspecified atom stereocenters. The SMILES string of the molecule is CCOC(=O)C1=CCCCC1S(=O)(=O)Nc1c(Cl)cccc1Cl. The van der Waals surface area contributed by atoms with Gasteiger partial charge in [-0.15, -0.1) is 0 Å². The number of carbonyl (C=O) groups is 1. The van der Waals surface area contributed by atoms with Gasteiger partial charge in [-0.25, -0.2) is 13.2 Å². The van der Waals surface area contributed by atoms with Crippen LogP contribution in [0.2, 0.25) is 10.0 Å². The summed E-state index contributed by atoms with van der Waals surface area (Å²) in [7, 11) is -3.88. The van der Waals surface area contributed by atoms with Crippen LogP contribution in [-0.2, 0) is 19.6 Å². The maximum absolute atomic E-state index is 12.7. The highest BCUT2D eigenvalue weighted by molar-refractivity contribution is 7.93. The fourth-order valence-electron chi connectivity index (χ4n) is 2.41. The minimum atomic E-state index is -3.88. The van der Waals surface area contributed by atoms with Crippen LogP contribution in [0.15, 0.2) is 29.8 Å². The monoisotopic (exact) mass is 377 g/mol. The van der Waals surface area contributed by atoms with Crippen LogP contribution in [0.3, 0.4) is 0 Å². The molecular formula is C15H17Cl2NO4S. The van der Waals surface area contributed by atoms with Crippen molar-refractivity contribution in [2.75, 3.05) is 11.3 Å². The molecule has 1 aromatic carbocycles. The van der Waals surface area contributed by atoms with E-state index in [0.29, 0.717) is 19.3 Å². The fourth-order valence-corrected chi connectivity index (χ4v) is 4.66. The molecule has 5 nitrogen and oxygen atoms in total.